The maximum absolute atomic E-state index is 15.3. The number of alkyl halides is 5. The molecule has 2 aromatic carbocycles. The van der Waals surface area contributed by atoms with Crippen molar-refractivity contribution in [3.8, 4) is 0 Å². The first-order chi connectivity index (χ1) is 22.2. The van der Waals surface area contributed by atoms with Gasteiger partial charge in [-0.1, -0.05) is 55.0 Å². The molecule has 0 aromatic heterocycles. The lowest BCUT2D eigenvalue weighted by Crippen LogP contribution is -2.65. The van der Waals surface area contributed by atoms with E-state index in [0.29, 0.717) is 50.3 Å². The van der Waals surface area contributed by atoms with Crippen LogP contribution in [0, 0.1) is 17.3 Å². The number of aliphatic hydroxyl groups is 1. The van der Waals surface area contributed by atoms with E-state index in [2.05, 4.69) is 12.1 Å². The highest BCUT2D eigenvalue weighted by Gasteiger charge is 2.79. The number of allylic oxidation sites excluding steroid dienone is 4. The number of amides is 1. The lowest BCUT2D eigenvalue weighted by molar-refractivity contribution is -0.362. The Labute approximate surface area is 271 Å². The summed E-state index contributed by atoms with van der Waals surface area (Å²) < 4.78 is 72.1. The number of likely N-dealkylation sites (tertiary alicyclic amines) is 1. The first-order valence-electron chi connectivity index (χ1n) is 16.8. The molecule has 47 heavy (non-hydrogen) atoms. The summed E-state index contributed by atoms with van der Waals surface area (Å²) in [5, 5.41) is 11.5. The van der Waals surface area contributed by atoms with E-state index in [1.165, 1.54) is 12.5 Å². The van der Waals surface area contributed by atoms with Crippen LogP contribution < -0.4 is 0 Å². The molecule has 9 heteroatoms. The third-order valence-corrected chi connectivity index (χ3v) is 12.4. The predicted molar refractivity (Wildman–Crippen MR) is 167 cm³/mol. The van der Waals surface area contributed by atoms with Crippen LogP contribution in [0.15, 0.2) is 77.4 Å². The van der Waals surface area contributed by atoms with Crippen molar-refractivity contribution < 1.29 is 36.6 Å². The van der Waals surface area contributed by atoms with Crippen LogP contribution in [0.5, 0.6) is 0 Å². The smallest absolute Gasteiger partial charge is 0.383 e. The number of carbonyl (C=O) groups is 2. The third-order valence-electron chi connectivity index (χ3n) is 12.4. The van der Waals surface area contributed by atoms with Crippen molar-refractivity contribution in [1.29, 1.82) is 0 Å². The van der Waals surface area contributed by atoms with Gasteiger partial charge in [0.15, 0.2) is 5.78 Å². The molecule has 2 aromatic rings. The van der Waals surface area contributed by atoms with Crippen molar-refractivity contribution in [2.75, 3.05) is 13.1 Å². The highest BCUT2D eigenvalue weighted by molar-refractivity contribution is 5.94. The van der Waals surface area contributed by atoms with E-state index in [-0.39, 0.29) is 30.4 Å². The normalized spacial score (nSPS) is 31.6. The summed E-state index contributed by atoms with van der Waals surface area (Å²) >= 11 is 0. The van der Waals surface area contributed by atoms with Gasteiger partial charge in [0.2, 0.25) is 0 Å². The summed E-state index contributed by atoms with van der Waals surface area (Å²) in [5.41, 5.74) is 0.485. The second-order valence-corrected chi connectivity index (χ2v) is 14.6. The molecule has 0 radical (unpaired) electrons. The second-order valence-electron chi connectivity index (χ2n) is 14.6. The number of hydrogen-bond donors (Lipinski definition) is 1. The van der Waals surface area contributed by atoms with Gasteiger partial charge in [-0.3, -0.25) is 9.59 Å². The molecule has 1 heterocycles. The lowest BCUT2D eigenvalue weighted by atomic mass is 9.50. The quantitative estimate of drug-likeness (QED) is 0.337. The van der Waals surface area contributed by atoms with Gasteiger partial charge in [-0.25, -0.2) is 0 Å². The SMILES string of the molecule is C[C@]12C[C@H](c3ccc(C(=O)N4CCC(c5ccccc5)CC4)cc3)C3=C4CCC(=O)C=C4CC[C@H]3[C@@H]1CC[C@@]2(O)C(F)(F)C(F)(F)F. The van der Waals surface area contributed by atoms with Gasteiger partial charge < -0.3 is 10.0 Å². The van der Waals surface area contributed by atoms with Crippen LogP contribution in [-0.4, -0.2) is 52.5 Å². The molecular weight excluding hydrogens is 613 g/mol. The fraction of sp³-hybridized carbons (Fsp3) is 0.526. The van der Waals surface area contributed by atoms with Crippen molar-refractivity contribution in [3.63, 3.8) is 0 Å². The molecular formula is C38H40F5NO3. The topological polar surface area (TPSA) is 57.6 Å². The monoisotopic (exact) mass is 653 g/mol. The molecule has 4 aliphatic carbocycles. The Morgan fingerprint density at radius 2 is 1.55 bits per heavy atom. The maximum atomic E-state index is 15.3. The Kier molecular flexibility index (Phi) is 7.81. The van der Waals surface area contributed by atoms with Gasteiger partial charge in [-0.05, 0) is 110 Å². The largest absolute Gasteiger partial charge is 0.456 e. The van der Waals surface area contributed by atoms with Crippen molar-refractivity contribution in [2.45, 2.75) is 94.2 Å². The first-order valence-corrected chi connectivity index (χ1v) is 16.8. The van der Waals surface area contributed by atoms with E-state index < -0.39 is 41.4 Å². The molecule has 1 N–H and O–H groups in total. The minimum atomic E-state index is -5.89. The minimum absolute atomic E-state index is 0.0377. The highest BCUT2D eigenvalue weighted by Crippen LogP contribution is 2.70. The van der Waals surface area contributed by atoms with Crippen LogP contribution in [0.4, 0.5) is 22.0 Å². The van der Waals surface area contributed by atoms with Gasteiger partial charge in [0.25, 0.3) is 5.91 Å². The van der Waals surface area contributed by atoms with Gasteiger partial charge in [0.1, 0.15) is 5.60 Å². The van der Waals surface area contributed by atoms with E-state index in [0.717, 1.165) is 35.1 Å². The zero-order chi connectivity index (χ0) is 33.4. The van der Waals surface area contributed by atoms with Crippen LogP contribution >= 0.6 is 0 Å². The average Bonchev–Trinajstić information content (AvgIpc) is 3.35. The van der Waals surface area contributed by atoms with Gasteiger partial charge >= 0.3 is 12.1 Å². The minimum Gasteiger partial charge on any atom is -0.383 e. The maximum Gasteiger partial charge on any atom is 0.456 e. The van der Waals surface area contributed by atoms with E-state index in [4.69, 9.17) is 0 Å². The highest BCUT2D eigenvalue weighted by atomic mass is 19.4. The standard InChI is InChI=1S/C38H40F5NO3/c1-35-22-31(25-7-9-26(10-8-25)34(46)44-19-16-24(17-20-44)23-5-3-2-4-6-23)33-29-14-12-28(45)21-27(29)11-13-30(33)32(35)15-18-36(35,47)37(39,40)38(41,42)43/h2-10,21,24,30-32,47H,11-20,22H2,1H3/t30-,31+,32-,35-,36-/m0/s1. The molecule has 0 bridgehead atoms. The van der Waals surface area contributed by atoms with E-state index in [1.807, 2.05) is 23.1 Å². The number of nitrogens with zero attached hydrogens (tertiary/aromatic N) is 1. The second kappa shape index (κ2) is 11.4. The molecule has 4 nitrogen and oxygen atoms in total. The van der Waals surface area contributed by atoms with Gasteiger partial charge in [-0.15, -0.1) is 0 Å². The molecule has 2 saturated carbocycles. The number of piperidine rings is 1. The fourth-order valence-electron chi connectivity index (χ4n) is 9.90. The number of rotatable bonds is 4. The number of benzene rings is 2. The summed E-state index contributed by atoms with van der Waals surface area (Å²) in [4.78, 5) is 27.7. The molecule has 0 unspecified atom stereocenters. The molecule has 1 amide bonds. The Morgan fingerprint density at radius 3 is 2.21 bits per heavy atom. The molecule has 7 rings (SSSR count). The third kappa shape index (κ3) is 5.01. The molecule has 0 spiro atoms. The van der Waals surface area contributed by atoms with Crippen molar-refractivity contribution in [3.05, 3.63) is 94.1 Å². The van der Waals surface area contributed by atoms with Gasteiger partial charge in [0, 0.05) is 36.4 Å². The summed E-state index contributed by atoms with van der Waals surface area (Å²) in [6.07, 6.45) is -1.25. The number of fused-ring (bicyclic) bond motifs is 4. The molecule has 5 atom stereocenters. The average molecular weight is 654 g/mol. The zero-order valence-corrected chi connectivity index (χ0v) is 26.5. The van der Waals surface area contributed by atoms with Crippen LogP contribution in [-0.2, 0) is 4.79 Å². The Hall–Kier alpha value is -3.33. The zero-order valence-electron chi connectivity index (χ0n) is 26.5. The van der Waals surface area contributed by atoms with Crippen LogP contribution in [0.2, 0.25) is 0 Å². The summed E-state index contributed by atoms with van der Waals surface area (Å²) in [6.45, 7) is 2.67. The van der Waals surface area contributed by atoms with Crippen molar-refractivity contribution >= 4 is 11.7 Å². The predicted octanol–water partition coefficient (Wildman–Crippen LogP) is 8.53. The van der Waals surface area contributed by atoms with Crippen molar-refractivity contribution in [1.82, 2.24) is 4.90 Å². The van der Waals surface area contributed by atoms with Gasteiger partial charge in [0.05, 0.1) is 0 Å². The molecule has 5 aliphatic rings. The van der Waals surface area contributed by atoms with Crippen LogP contribution in [0.25, 0.3) is 0 Å². The fourth-order valence-corrected chi connectivity index (χ4v) is 9.90. The van der Waals surface area contributed by atoms with E-state index >= 15 is 8.78 Å². The molecule has 3 fully saturated rings. The number of ketones is 1. The number of hydrogen-bond acceptors (Lipinski definition) is 3. The lowest BCUT2D eigenvalue weighted by Gasteiger charge is -2.56. The Morgan fingerprint density at radius 1 is 0.872 bits per heavy atom. The van der Waals surface area contributed by atoms with Crippen LogP contribution in [0.3, 0.4) is 0 Å². The summed E-state index contributed by atoms with van der Waals surface area (Å²) in [6, 6.07) is 17.3. The number of carbonyl (C=O) groups excluding carboxylic acids is 2. The first kappa shape index (κ1) is 32.2. The van der Waals surface area contributed by atoms with Gasteiger partial charge in [-0.2, -0.15) is 22.0 Å². The van der Waals surface area contributed by atoms with Crippen molar-refractivity contribution in [2.24, 2.45) is 17.3 Å². The van der Waals surface area contributed by atoms with E-state index in [1.54, 1.807) is 30.3 Å². The van der Waals surface area contributed by atoms with E-state index in [9.17, 15) is 27.9 Å². The Balaban J connectivity index is 1.21. The summed E-state index contributed by atoms with van der Waals surface area (Å²) in [5.74, 6) is -6.32. The van der Waals surface area contributed by atoms with Crippen LogP contribution in [0.1, 0.15) is 98.0 Å². The molecule has 250 valence electrons. The molecule has 1 aliphatic heterocycles. The Bertz CT molecular complexity index is 1620. The number of halogens is 5. The summed E-state index contributed by atoms with van der Waals surface area (Å²) in [7, 11) is 0. The molecule has 1 saturated heterocycles.